The van der Waals surface area contributed by atoms with Gasteiger partial charge in [0.05, 0.1) is 24.9 Å². The van der Waals surface area contributed by atoms with Crippen molar-refractivity contribution in [2.45, 2.75) is 68.6 Å². The second kappa shape index (κ2) is 11.1. The van der Waals surface area contributed by atoms with E-state index in [9.17, 15) is 13.2 Å². The van der Waals surface area contributed by atoms with E-state index in [-0.39, 0.29) is 12.1 Å². The number of fused-ring (bicyclic) bond motifs is 1. The molecule has 0 radical (unpaired) electrons. The smallest absolute Gasteiger partial charge is 0.379 e. The van der Waals surface area contributed by atoms with Gasteiger partial charge in [0, 0.05) is 42.2 Å². The molecule has 1 aromatic heterocycles. The van der Waals surface area contributed by atoms with Crippen molar-refractivity contribution < 1.29 is 22.6 Å². The molecule has 0 unspecified atom stereocenters. The van der Waals surface area contributed by atoms with E-state index in [0.29, 0.717) is 37.0 Å². The molecule has 1 saturated carbocycles. The Morgan fingerprint density at radius 1 is 1.25 bits per heavy atom. The Kier molecular flexibility index (Phi) is 8.32. The lowest BCUT2D eigenvalue weighted by atomic mass is 9.74. The van der Waals surface area contributed by atoms with Crippen LogP contribution in [0.3, 0.4) is 0 Å². The number of aromatic nitrogens is 1. The number of alkyl halides is 3. The van der Waals surface area contributed by atoms with Crippen LogP contribution < -0.4 is 11.1 Å². The van der Waals surface area contributed by atoms with Gasteiger partial charge in [-0.3, -0.25) is 0 Å². The molecule has 1 saturated heterocycles. The van der Waals surface area contributed by atoms with Crippen LogP contribution in [-0.4, -0.2) is 74.8 Å². The van der Waals surface area contributed by atoms with Crippen molar-refractivity contribution in [1.29, 1.82) is 0 Å². The number of nitrogens with one attached hydrogen (secondary N) is 1. The summed E-state index contributed by atoms with van der Waals surface area (Å²) < 4.78 is 52.8. The zero-order chi connectivity index (χ0) is 25.9. The highest BCUT2D eigenvalue weighted by Gasteiger charge is 2.36. The van der Waals surface area contributed by atoms with E-state index >= 15 is 0 Å². The number of rotatable bonds is 6. The molecule has 1 aliphatic carbocycles. The van der Waals surface area contributed by atoms with Gasteiger partial charge < -0.3 is 30.0 Å². The molecule has 9 heteroatoms. The summed E-state index contributed by atoms with van der Waals surface area (Å²) in [7, 11) is 5.79. The monoisotopic (exact) mass is 506 g/mol. The maximum absolute atomic E-state index is 13.6. The first kappa shape index (κ1) is 27.0. The number of methoxy groups -OCH3 is 1. The molecule has 36 heavy (non-hydrogen) atoms. The Morgan fingerprint density at radius 3 is 2.67 bits per heavy atom. The fourth-order valence-corrected chi connectivity index (χ4v) is 5.57. The van der Waals surface area contributed by atoms with Gasteiger partial charge in [0.2, 0.25) is 0 Å². The first-order chi connectivity index (χ1) is 17.1. The Hall–Kier alpha value is -2.09. The molecule has 1 aliphatic heterocycles. The van der Waals surface area contributed by atoms with Crippen LogP contribution in [0, 0.1) is 11.8 Å². The lowest BCUT2D eigenvalue weighted by Gasteiger charge is -2.40. The summed E-state index contributed by atoms with van der Waals surface area (Å²) in [5.41, 5.74) is 8.11. The van der Waals surface area contributed by atoms with Crippen LogP contribution in [0.5, 0.6) is 0 Å². The molecular formula is C27H37F3N4O2. The van der Waals surface area contributed by atoms with Gasteiger partial charge in [-0.1, -0.05) is 18.1 Å². The molecular weight excluding hydrogens is 469 g/mol. The van der Waals surface area contributed by atoms with Crippen LogP contribution in [0.4, 0.5) is 13.2 Å². The molecule has 4 rings (SSSR count). The molecule has 0 spiro atoms. The third-order valence-electron chi connectivity index (χ3n) is 7.67. The highest BCUT2D eigenvalue weighted by atomic mass is 19.4. The third kappa shape index (κ3) is 6.06. The molecule has 1 aromatic carbocycles. The van der Waals surface area contributed by atoms with Gasteiger partial charge in [0.25, 0.3) is 0 Å². The van der Waals surface area contributed by atoms with Crippen LogP contribution in [0.1, 0.15) is 43.4 Å². The lowest BCUT2D eigenvalue weighted by Crippen LogP contribution is -2.47. The van der Waals surface area contributed by atoms with Crippen molar-refractivity contribution in [2.75, 3.05) is 41.0 Å². The first-order valence-corrected chi connectivity index (χ1v) is 12.6. The zero-order valence-corrected chi connectivity index (χ0v) is 21.3. The number of benzene rings is 1. The standard InChI is InChI=1S/C27H37F3N4O2/c1-33(2)19-9-12-26(31,13-10-19)22-7-4-8-24-21(22)16-20(34(24)18-27(28,29)30)6-5-14-32-23-11-15-36-17-25(23)35-3/h4,7-8,16,19,23,25,32H,9-15,17-18,31H2,1-3H3/t19?,23-,25-,26?/m1/s1. The molecule has 2 atom stereocenters. The minimum absolute atomic E-state index is 0.0666. The lowest BCUT2D eigenvalue weighted by molar-refractivity contribution is -0.140. The van der Waals surface area contributed by atoms with Gasteiger partial charge >= 0.3 is 6.18 Å². The van der Waals surface area contributed by atoms with Gasteiger partial charge in [-0.15, -0.1) is 0 Å². The number of hydrogen-bond acceptors (Lipinski definition) is 5. The predicted molar refractivity (Wildman–Crippen MR) is 135 cm³/mol. The third-order valence-corrected chi connectivity index (χ3v) is 7.67. The fourth-order valence-electron chi connectivity index (χ4n) is 5.57. The zero-order valence-electron chi connectivity index (χ0n) is 21.3. The Bertz CT molecular complexity index is 1090. The quantitative estimate of drug-likeness (QED) is 0.587. The number of nitrogens with two attached hydrogens (primary N) is 1. The Balaban J connectivity index is 1.62. The SMILES string of the molecule is CO[C@@H]1COCC[C@H]1NCC#Cc1cc2c(C3(N)CCC(N(C)C)CC3)cccc2n1CC(F)(F)F. The van der Waals surface area contributed by atoms with Crippen LogP contribution in [0.25, 0.3) is 10.9 Å². The van der Waals surface area contributed by atoms with Crippen molar-refractivity contribution in [3.8, 4) is 11.8 Å². The maximum atomic E-state index is 13.6. The number of hydrogen-bond donors (Lipinski definition) is 2. The van der Waals surface area contributed by atoms with Crippen molar-refractivity contribution in [3.63, 3.8) is 0 Å². The van der Waals surface area contributed by atoms with Crippen LogP contribution in [-0.2, 0) is 21.6 Å². The topological polar surface area (TPSA) is 64.7 Å². The van der Waals surface area contributed by atoms with Crippen molar-refractivity contribution in [2.24, 2.45) is 5.73 Å². The van der Waals surface area contributed by atoms with Crippen LogP contribution >= 0.6 is 0 Å². The second-order valence-electron chi connectivity index (χ2n) is 10.2. The van der Waals surface area contributed by atoms with E-state index in [1.165, 1.54) is 4.57 Å². The minimum Gasteiger partial charge on any atom is -0.379 e. The summed E-state index contributed by atoms with van der Waals surface area (Å²) in [6, 6.07) is 7.85. The summed E-state index contributed by atoms with van der Waals surface area (Å²) in [5.74, 6) is 6.02. The molecule has 198 valence electrons. The van der Waals surface area contributed by atoms with E-state index in [1.54, 1.807) is 19.2 Å². The van der Waals surface area contributed by atoms with Gasteiger partial charge in [-0.2, -0.15) is 13.2 Å². The molecule has 2 aromatic rings. The van der Waals surface area contributed by atoms with Crippen molar-refractivity contribution >= 4 is 10.9 Å². The van der Waals surface area contributed by atoms with E-state index in [0.717, 1.165) is 43.1 Å². The number of ether oxygens (including phenoxy) is 2. The molecule has 3 N–H and O–H groups in total. The van der Waals surface area contributed by atoms with E-state index in [4.69, 9.17) is 15.2 Å². The maximum Gasteiger partial charge on any atom is 0.406 e. The molecule has 0 amide bonds. The summed E-state index contributed by atoms with van der Waals surface area (Å²) in [6.07, 6.45) is -0.152. The highest BCUT2D eigenvalue weighted by molar-refractivity contribution is 5.87. The number of halogens is 3. The summed E-state index contributed by atoms with van der Waals surface area (Å²) in [5, 5.41) is 4.10. The van der Waals surface area contributed by atoms with Crippen molar-refractivity contribution in [1.82, 2.24) is 14.8 Å². The van der Waals surface area contributed by atoms with Gasteiger partial charge in [0.15, 0.2) is 0 Å². The van der Waals surface area contributed by atoms with Crippen LogP contribution in [0.15, 0.2) is 24.3 Å². The van der Waals surface area contributed by atoms with E-state index < -0.39 is 18.3 Å². The summed E-state index contributed by atoms with van der Waals surface area (Å²) in [6.45, 7) is 0.408. The Labute approximate surface area is 211 Å². The molecule has 2 fully saturated rings. The second-order valence-corrected chi connectivity index (χ2v) is 10.2. The predicted octanol–water partition coefficient (Wildman–Crippen LogP) is 3.61. The van der Waals surface area contributed by atoms with Gasteiger partial charge in [-0.05, 0) is 69.8 Å². The molecule has 2 heterocycles. The average molecular weight is 507 g/mol. The van der Waals surface area contributed by atoms with E-state index in [2.05, 4.69) is 36.2 Å². The number of nitrogens with zero attached hydrogens (tertiary/aromatic N) is 2. The highest BCUT2D eigenvalue weighted by Crippen LogP contribution is 2.40. The van der Waals surface area contributed by atoms with Gasteiger partial charge in [-0.25, -0.2) is 0 Å². The van der Waals surface area contributed by atoms with Crippen molar-refractivity contribution in [3.05, 3.63) is 35.5 Å². The molecule has 0 bridgehead atoms. The van der Waals surface area contributed by atoms with Crippen LogP contribution in [0.2, 0.25) is 0 Å². The fraction of sp³-hybridized carbons (Fsp3) is 0.630. The minimum atomic E-state index is -4.37. The largest absolute Gasteiger partial charge is 0.406 e. The summed E-state index contributed by atoms with van der Waals surface area (Å²) in [4.78, 5) is 2.22. The van der Waals surface area contributed by atoms with Gasteiger partial charge in [0.1, 0.15) is 6.54 Å². The summed E-state index contributed by atoms with van der Waals surface area (Å²) >= 11 is 0. The molecule has 6 nitrogen and oxygen atoms in total. The normalized spacial score (nSPS) is 27.3. The molecule has 2 aliphatic rings. The first-order valence-electron chi connectivity index (χ1n) is 12.6. The average Bonchev–Trinajstić information content (AvgIpc) is 3.18. The van der Waals surface area contributed by atoms with E-state index in [1.807, 2.05) is 12.1 Å². The Morgan fingerprint density at radius 2 is 2.00 bits per heavy atom.